The first-order valence-electron chi connectivity index (χ1n) is 4.00. The molecule has 14 heavy (non-hydrogen) atoms. The maximum atomic E-state index is 9.40. The van der Waals surface area contributed by atoms with Gasteiger partial charge >= 0.3 is 0 Å². The zero-order valence-corrected chi connectivity index (χ0v) is 7.77. The molecule has 4 heteroatoms. The third kappa shape index (κ3) is 1.80. The molecule has 0 saturated heterocycles. The fraction of sp³-hybridized carbons (Fsp3) is 0.200. The van der Waals surface area contributed by atoms with Crippen LogP contribution in [0.4, 0.5) is 0 Å². The number of phenolic OH excluding ortho intramolecular Hbond substituents is 2. The normalized spacial score (nSPS) is 12.1. The lowest BCUT2D eigenvalue weighted by atomic mass is 10.1. The SMILES string of the molecule is C=CC(O)c1cc(O)c(O)c(OC)c1. The number of rotatable bonds is 3. The van der Waals surface area contributed by atoms with E-state index in [1.54, 1.807) is 0 Å². The van der Waals surface area contributed by atoms with Crippen molar-refractivity contribution in [2.24, 2.45) is 0 Å². The van der Waals surface area contributed by atoms with E-state index in [9.17, 15) is 15.3 Å². The minimum atomic E-state index is -0.893. The number of aromatic hydroxyl groups is 2. The molecule has 0 radical (unpaired) electrons. The summed E-state index contributed by atoms with van der Waals surface area (Å²) in [6, 6.07) is 2.69. The van der Waals surface area contributed by atoms with Gasteiger partial charge in [0.15, 0.2) is 11.5 Å². The molecule has 3 N–H and O–H groups in total. The highest BCUT2D eigenvalue weighted by molar-refractivity contribution is 5.52. The summed E-state index contributed by atoms with van der Waals surface area (Å²) >= 11 is 0. The third-order valence-corrected chi connectivity index (χ3v) is 1.86. The highest BCUT2D eigenvalue weighted by Crippen LogP contribution is 2.37. The lowest BCUT2D eigenvalue weighted by Crippen LogP contribution is -1.94. The van der Waals surface area contributed by atoms with E-state index < -0.39 is 6.10 Å². The van der Waals surface area contributed by atoms with E-state index in [4.69, 9.17) is 4.74 Å². The van der Waals surface area contributed by atoms with Crippen LogP contribution in [0, 0.1) is 0 Å². The molecule has 0 amide bonds. The van der Waals surface area contributed by atoms with Gasteiger partial charge in [-0.15, -0.1) is 6.58 Å². The van der Waals surface area contributed by atoms with Crippen LogP contribution >= 0.6 is 0 Å². The van der Waals surface area contributed by atoms with Gasteiger partial charge in [0.25, 0.3) is 0 Å². The summed E-state index contributed by atoms with van der Waals surface area (Å²) in [5.74, 6) is -0.561. The Bertz CT molecular complexity index is 346. The molecule has 1 aromatic rings. The number of benzene rings is 1. The summed E-state index contributed by atoms with van der Waals surface area (Å²) in [5.41, 5.74) is 0.409. The maximum absolute atomic E-state index is 9.40. The van der Waals surface area contributed by atoms with E-state index in [0.717, 1.165) is 0 Å². The topological polar surface area (TPSA) is 69.9 Å². The molecular formula is C10H12O4. The van der Waals surface area contributed by atoms with Crippen LogP contribution in [0.25, 0.3) is 0 Å². The van der Waals surface area contributed by atoms with E-state index in [1.807, 2.05) is 0 Å². The number of aliphatic hydroxyl groups excluding tert-OH is 1. The monoisotopic (exact) mass is 196 g/mol. The molecule has 0 fully saturated rings. The fourth-order valence-electron chi connectivity index (χ4n) is 1.08. The fourth-order valence-corrected chi connectivity index (χ4v) is 1.08. The molecule has 4 nitrogen and oxygen atoms in total. The molecule has 1 unspecified atom stereocenters. The van der Waals surface area contributed by atoms with Crippen LogP contribution in [0.3, 0.4) is 0 Å². The van der Waals surface area contributed by atoms with Crippen molar-refractivity contribution in [1.29, 1.82) is 0 Å². The smallest absolute Gasteiger partial charge is 0.200 e. The standard InChI is InChI=1S/C10H12O4/c1-3-7(11)6-4-8(12)10(13)9(5-6)14-2/h3-5,7,11-13H,1H2,2H3. The second-order valence-corrected chi connectivity index (χ2v) is 2.77. The average molecular weight is 196 g/mol. The van der Waals surface area contributed by atoms with Crippen LogP contribution in [0.5, 0.6) is 17.2 Å². The van der Waals surface area contributed by atoms with Crippen LogP contribution in [-0.4, -0.2) is 22.4 Å². The second-order valence-electron chi connectivity index (χ2n) is 2.77. The van der Waals surface area contributed by atoms with Crippen LogP contribution in [0.15, 0.2) is 24.8 Å². The summed E-state index contributed by atoms with van der Waals surface area (Å²) in [6.07, 6.45) is 0.418. The van der Waals surface area contributed by atoms with E-state index in [0.29, 0.717) is 5.56 Å². The maximum Gasteiger partial charge on any atom is 0.200 e. The molecule has 0 bridgehead atoms. The van der Waals surface area contributed by atoms with E-state index in [-0.39, 0.29) is 17.2 Å². The highest BCUT2D eigenvalue weighted by atomic mass is 16.5. The van der Waals surface area contributed by atoms with Gasteiger partial charge in [0.1, 0.15) is 0 Å². The molecule has 1 atom stereocenters. The average Bonchev–Trinajstić information content (AvgIpc) is 2.20. The molecule has 0 aliphatic heterocycles. The number of hydrogen-bond donors (Lipinski definition) is 3. The van der Waals surface area contributed by atoms with Gasteiger partial charge in [0.05, 0.1) is 13.2 Å². The molecule has 76 valence electrons. The first-order chi connectivity index (χ1) is 6.60. The van der Waals surface area contributed by atoms with Crippen molar-refractivity contribution in [3.63, 3.8) is 0 Å². The summed E-state index contributed by atoms with van der Waals surface area (Å²) in [7, 11) is 1.36. The van der Waals surface area contributed by atoms with Gasteiger partial charge in [-0.25, -0.2) is 0 Å². The van der Waals surface area contributed by atoms with Gasteiger partial charge in [-0.2, -0.15) is 0 Å². The Kier molecular flexibility index (Phi) is 2.99. The minimum Gasteiger partial charge on any atom is -0.504 e. The molecular weight excluding hydrogens is 184 g/mol. The summed E-state index contributed by atoms with van der Waals surface area (Å²) < 4.78 is 4.81. The molecule has 0 spiro atoms. The van der Waals surface area contributed by atoms with Crippen LogP contribution < -0.4 is 4.74 Å². The Hall–Kier alpha value is -1.68. The zero-order valence-electron chi connectivity index (χ0n) is 7.77. The summed E-state index contributed by atoms with van der Waals surface area (Å²) in [6.45, 7) is 3.41. The van der Waals surface area contributed by atoms with E-state index in [1.165, 1.54) is 25.3 Å². The predicted octanol–water partition coefficient (Wildman–Crippen LogP) is 1.33. The van der Waals surface area contributed by atoms with Crippen molar-refractivity contribution in [2.45, 2.75) is 6.10 Å². The Morgan fingerprint density at radius 3 is 2.57 bits per heavy atom. The molecule has 0 aromatic heterocycles. The number of hydrogen-bond acceptors (Lipinski definition) is 4. The first kappa shape index (κ1) is 10.4. The molecule has 0 saturated carbocycles. The number of ether oxygens (including phenoxy) is 1. The van der Waals surface area contributed by atoms with Gasteiger partial charge in [0.2, 0.25) is 5.75 Å². The lowest BCUT2D eigenvalue weighted by Gasteiger charge is -2.10. The number of phenols is 2. The summed E-state index contributed by atoms with van der Waals surface area (Å²) in [5, 5.41) is 28.0. The Morgan fingerprint density at radius 2 is 2.07 bits per heavy atom. The second kappa shape index (κ2) is 4.02. The molecule has 1 rings (SSSR count). The Labute approximate surface area is 81.7 Å². The van der Waals surface area contributed by atoms with Crippen molar-refractivity contribution in [3.8, 4) is 17.2 Å². The van der Waals surface area contributed by atoms with E-state index >= 15 is 0 Å². The van der Waals surface area contributed by atoms with Crippen molar-refractivity contribution >= 4 is 0 Å². The van der Waals surface area contributed by atoms with Crippen LogP contribution in [0.1, 0.15) is 11.7 Å². The molecule has 0 aliphatic rings. The summed E-state index contributed by atoms with van der Waals surface area (Å²) in [4.78, 5) is 0. The lowest BCUT2D eigenvalue weighted by molar-refractivity contribution is 0.227. The van der Waals surface area contributed by atoms with Crippen LogP contribution in [-0.2, 0) is 0 Å². The van der Waals surface area contributed by atoms with Gasteiger partial charge in [-0.3, -0.25) is 0 Å². The van der Waals surface area contributed by atoms with Crippen molar-refractivity contribution in [2.75, 3.05) is 7.11 Å². The van der Waals surface area contributed by atoms with Gasteiger partial charge in [0, 0.05) is 0 Å². The zero-order chi connectivity index (χ0) is 10.7. The van der Waals surface area contributed by atoms with Crippen LogP contribution in [0.2, 0.25) is 0 Å². The van der Waals surface area contributed by atoms with Crippen molar-refractivity contribution in [1.82, 2.24) is 0 Å². The number of methoxy groups -OCH3 is 1. The van der Waals surface area contributed by atoms with Crippen molar-refractivity contribution in [3.05, 3.63) is 30.4 Å². The third-order valence-electron chi connectivity index (χ3n) is 1.86. The van der Waals surface area contributed by atoms with Gasteiger partial charge in [-0.05, 0) is 17.7 Å². The van der Waals surface area contributed by atoms with E-state index in [2.05, 4.69) is 6.58 Å². The first-order valence-corrected chi connectivity index (χ1v) is 4.00. The van der Waals surface area contributed by atoms with Crippen molar-refractivity contribution < 1.29 is 20.1 Å². The molecule has 0 heterocycles. The quantitative estimate of drug-likeness (QED) is 0.503. The highest BCUT2D eigenvalue weighted by Gasteiger charge is 2.12. The molecule has 1 aromatic carbocycles. The largest absolute Gasteiger partial charge is 0.504 e. The van der Waals surface area contributed by atoms with Gasteiger partial charge < -0.3 is 20.1 Å². The number of aliphatic hydroxyl groups is 1. The Balaban J connectivity index is 3.22. The minimum absolute atomic E-state index is 0.112. The van der Waals surface area contributed by atoms with Gasteiger partial charge in [-0.1, -0.05) is 6.08 Å². The predicted molar refractivity (Wildman–Crippen MR) is 51.5 cm³/mol. The molecule has 0 aliphatic carbocycles. The Morgan fingerprint density at radius 1 is 1.43 bits per heavy atom.